The molecule has 3 heterocycles. The van der Waals surface area contributed by atoms with Crippen molar-refractivity contribution in [3.8, 4) is 0 Å². The highest BCUT2D eigenvalue weighted by Gasteiger charge is 2.33. The number of rotatable bonds is 8. The summed E-state index contributed by atoms with van der Waals surface area (Å²) in [5, 5.41) is 48.2. The van der Waals surface area contributed by atoms with E-state index in [-0.39, 0.29) is 17.7 Å². The van der Waals surface area contributed by atoms with E-state index in [1.54, 1.807) is 0 Å². The van der Waals surface area contributed by atoms with Crippen LogP contribution >= 0.6 is 0 Å². The molecular formula is C17H22N4O12. The number of amides is 1. The third-order valence-electron chi connectivity index (χ3n) is 4.34. The fraction of sp³-hybridized carbons (Fsp3) is 0.529. The number of aliphatic hydroxyl groups is 2. The third-order valence-corrected chi connectivity index (χ3v) is 4.34. The first-order valence-corrected chi connectivity index (χ1v) is 9.46. The second kappa shape index (κ2) is 11.9. The minimum absolute atomic E-state index is 0.195. The van der Waals surface area contributed by atoms with E-state index in [1.165, 1.54) is 23.4 Å². The van der Waals surface area contributed by atoms with E-state index < -0.39 is 35.2 Å². The zero-order valence-corrected chi connectivity index (χ0v) is 17.1. The predicted molar refractivity (Wildman–Crippen MR) is 104 cm³/mol. The number of carboxylic acid groups (broad SMARTS) is 2. The van der Waals surface area contributed by atoms with Gasteiger partial charge in [0.15, 0.2) is 18.0 Å². The van der Waals surface area contributed by atoms with Crippen LogP contribution in [0.2, 0.25) is 0 Å². The lowest BCUT2D eigenvalue weighted by Crippen LogP contribution is -2.41. The lowest BCUT2D eigenvalue weighted by Gasteiger charge is -2.27. The zero-order chi connectivity index (χ0) is 24.5. The Kier molecular flexibility index (Phi) is 9.22. The number of aliphatic carboxylic acids is 2. The number of carbonyl (C=O) groups is 3. The molecule has 0 spiro atoms. The van der Waals surface area contributed by atoms with Crippen LogP contribution in [0.15, 0.2) is 21.7 Å². The van der Waals surface area contributed by atoms with E-state index in [0.29, 0.717) is 26.3 Å². The second-order valence-electron chi connectivity index (χ2n) is 6.74. The first-order chi connectivity index (χ1) is 15.6. The van der Waals surface area contributed by atoms with Gasteiger partial charge in [0.05, 0.1) is 32.0 Å². The van der Waals surface area contributed by atoms with Gasteiger partial charge in [0.1, 0.15) is 11.0 Å². The van der Waals surface area contributed by atoms with E-state index in [1.807, 2.05) is 0 Å². The van der Waals surface area contributed by atoms with Gasteiger partial charge in [0.25, 0.3) is 0 Å². The van der Waals surface area contributed by atoms with Crippen molar-refractivity contribution in [3.05, 3.63) is 28.0 Å². The Morgan fingerprint density at radius 2 is 1.82 bits per heavy atom. The van der Waals surface area contributed by atoms with Gasteiger partial charge in [-0.15, -0.1) is 0 Å². The lowest BCUT2D eigenvalue weighted by atomic mass is 10.2. The number of hydrazone groups is 1. The molecule has 3 unspecified atom stereocenters. The summed E-state index contributed by atoms with van der Waals surface area (Å²) < 4.78 is 15.5. The van der Waals surface area contributed by atoms with E-state index >= 15 is 0 Å². The molecule has 1 aromatic heterocycles. The molecule has 0 saturated carbocycles. The Morgan fingerprint density at radius 1 is 1.21 bits per heavy atom. The predicted octanol–water partition coefficient (Wildman–Crippen LogP) is -1.45. The molecule has 1 amide bonds. The topological polar surface area (TPSA) is 226 Å². The van der Waals surface area contributed by atoms with Crippen LogP contribution in [0.3, 0.4) is 0 Å². The standard InChI is InChI=1S/C13H16N4O6.C4H6O6/c18-13-16(14-7-10-1-2-12(22-10)17(19)20)9-11(23-13)8-15-3-5-21-6-4-15;5-1(3(7)8)2(6)4(9)10/h1-2,7,11H,3-6,8-9H2;1-2,5-6H,(H,7,8)(H,9,10). The van der Waals surface area contributed by atoms with Crippen molar-refractivity contribution in [3.63, 3.8) is 0 Å². The molecule has 2 fully saturated rings. The second-order valence-corrected chi connectivity index (χ2v) is 6.74. The van der Waals surface area contributed by atoms with Crippen LogP contribution in [-0.2, 0) is 19.1 Å². The molecule has 1 aromatic rings. The van der Waals surface area contributed by atoms with Gasteiger partial charge >= 0.3 is 23.9 Å². The van der Waals surface area contributed by atoms with Crippen molar-refractivity contribution >= 4 is 30.1 Å². The fourth-order valence-electron chi connectivity index (χ4n) is 2.68. The SMILES string of the molecule is O=C(O)C(O)C(O)C(=O)O.O=C1OC(CN2CCOCC2)CN1N=Cc1ccc([N+](=O)[O-])o1. The first-order valence-electron chi connectivity index (χ1n) is 9.46. The molecule has 16 heteroatoms. The maximum absolute atomic E-state index is 11.8. The van der Waals surface area contributed by atoms with Crippen LogP contribution in [0.25, 0.3) is 0 Å². The van der Waals surface area contributed by atoms with Gasteiger partial charge in [-0.05, 0) is 6.07 Å². The number of carbonyl (C=O) groups excluding carboxylic acids is 1. The highest BCUT2D eigenvalue weighted by atomic mass is 16.6. The summed E-state index contributed by atoms with van der Waals surface area (Å²) in [6.07, 6.45) is -4.08. The van der Waals surface area contributed by atoms with Crippen LogP contribution in [0.1, 0.15) is 5.76 Å². The molecule has 0 bridgehead atoms. The molecule has 0 aromatic carbocycles. The minimum Gasteiger partial charge on any atom is -0.479 e. The summed E-state index contributed by atoms with van der Waals surface area (Å²) in [5.41, 5.74) is 0. The summed E-state index contributed by atoms with van der Waals surface area (Å²) in [6, 6.07) is 2.64. The summed E-state index contributed by atoms with van der Waals surface area (Å²) in [6.45, 7) is 3.95. The normalized spacial score (nSPS) is 20.6. The van der Waals surface area contributed by atoms with Crippen molar-refractivity contribution < 1.29 is 53.6 Å². The zero-order valence-electron chi connectivity index (χ0n) is 17.1. The smallest absolute Gasteiger partial charge is 0.433 e. The lowest BCUT2D eigenvalue weighted by molar-refractivity contribution is -0.402. The summed E-state index contributed by atoms with van der Waals surface area (Å²) in [5.74, 6) is -3.72. The van der Waals surface area contributed by atoms with Crippen LogP contribution in [0.5, 0.6) is 0 Å². The number of carboxylic acids is 2. The Hall–Kier alpha value is -3.60. The molecule has 3 atom stereocenters. The van der Waals surface area contributed by atoms with E-state index in [4.69, 9.17) is 34.3 Å². The van der Waals surface area contributed by atoms with Gasteiger partial charge in [0.2, 0.25) is 0 Å². The molecular weight excluding hydrogens is 452 g/mol. The molecule has 182 valence electrons. The number of furan rings is 1. The highest BCUT2D eigenvalue weighted by Crippen LogP contribution is 2.16. The molecule has 4 N–H and O–H groups in total. The fourth-order valence-corrected chi connectivity index (χ4v) is 2.68. The number of hydrogen-bond acceptors (Lipinski definition) is 12. The van der Waals surface area contributed by atoms with Crippen LogP contribution < -0.4 is 0 Å². The summed E-state index contributed by atoms with van der Waals surface area (Å²) in [4.78, 5) is 43.4. The molecule has 0 aliphatic carbocycles. The van der Waals surface area contributed by atoms with E-state index in [9.17, 15) is 24.5 Å². The van der Waals surface area contributed by atoms with E-state index in [0.717, 1.165) is 13.1 Å². The molecule has 3 rings (SSSR count). The van der Waals surface area contributed by atoms with Crippen LogP contribution in [-0.4, -0.2) is 117 Å². The average Bonchev–Trinajstić information content (AvgIpc) is 3.38. The Bertz CT molecular complexity index is 863. The number of nitro groups is 1. The Balaban J connectivity index is 0.000000328. The molecule has 2 aliphatic heterocycles. The van der Waals surface area contributed by atoms with Gasteiger partial charge < -0.3 is 34.3 Å². The Labute approximate surface area is 185 Å². The maximum atomic E-state index is 11.8. The quantitative estimate of drug-likeness (QED) is 0.192. The molecule has 16 nitrogen and oxygen atoms in total. The highest BCUT2D eigenvalue weighted by molar-refractivity contribution is 5.83. The summed E-state index contributed by atoms with van der Waals surface area (Å²) in [7, 11) is 0. The van der Waals surface area contributed by atoms with E-state index in [2.05, 4.69) is 10.0 Å². The van der Waals surface area contributed by atoms with Crippen molar-refractivity contribution in [1.82, 2.24) is 9.91 Å². The van der Waals surface area contributed by atoms with Crippen molar-refractivity contribution in [1.29, 1.82) is 0 Å². The number of cyclic esters (lactones) is 1. The van der Waals surface area contributed by atoms with Crippen LogP contribution in [0.4, 0.5) is 10.7 Å². The number of hydrogen-bond donors (Lipinski definition) is 4. The monoisotopic (exact) mass is 474 g/mol. The van der Waals surface area contributed by atoms with Gasteiger partial charge in [-0.25, -0.2) is 14.4 Å². The number of ether oxygens (including phenoxy) is 2. The number of morpholine rings is 1. The minimum atomic E-state index is -2.27. The van der Waals surface area contributed by atoms with Gasteiger partial charge in [0, 0.05) is 19.6 Å². The van der Waals surface area contributed by atoms with Crippen molar-refractivity contribution in [2.24, 2.45) is 5.10 Å². The van der Waals surface area contributed by atoms with Crippen molar-refractivity contribution in [2.45, 2.75) is 18.3 Å². The number of aliphatic hydroxyl groups excluding tert-OH is 2. The van der Waals surface area contributed by atoms with Gasteiger partial charge in [-0.3, -0.25) is 15.0 Å². The first kappa shape index (κ1) is 25.7. The Morgan fingerprint density at radius 3 is 2.33 bits per heavy atom. The van der Waals surface area contributed by atoms with Crippen molar-refractivity contribution in [2.75, 3.05) is 39.4 Å². The third kappa shape index (κ3) is 7.79. The molecule has 33 heavy (non-hydrogen) atoms. The largest absolute Gasteiger partial charge is 0.479 e. The average molecular weight is 474 g/mol. The maximum Gasteiger partial charge on any atom is 0.433 e. The van der Waals surface area contributed by atoms with Gasteiger partial charge in [-0.1, -0.05) is 0 Å². The molecule has 2 aliphatic rings. The molecule has 0 radical (unpaired) electrons. The van der Waals surface area contributed by atoms with Crippen LogP contribution in [0, 0.1) is 10.1 Å². The van der Waals surface area contributed by atoms with Gasteiger partial charge in [-0.2, -0.15) is 10.1 Å². The summed E-state index contributed by atoms with van der Waals surface area (Å²) >= 11 is 0. The molecule has 2 saturated heterocycles. The number of nitrogens with zero attached hydrogens (tertiary/aromatic N) is 4.